The summed E-state index contributed by atoms with van der Waals surface area (Å²) >= 11 is 0. The second-order valence-electron chi connectivity index (χ2n) is 13.8. The molecule has 7 rings (SSSR count). The van der Waals surface area contributed by atoms with Crippen molar-refractivity contribution in [2.75, 3.05) is 0 Å². The normalized spacial score (nSPS) is 11.7. The van der Waals surface area contributed by atoms with E-state index < -0.39 is 0 Å². The number of phenolic OH excluding ortho intramolecular Hbond substituents is 2. The maximum atomic E-state index is 11.4. The smallest absolute Gasteiger partial charge is 0.119 e. The van der Waals surface area contributed by atoms with Crippen LogP contribution < -0.4 is 0 Å². The van der Waals surface area contributed by atoms with E-state index >= 15 is 0 Å². The number of hydrogen-bond acceptors (Lipinski definition) is 2. The van der Waals surface area contributed by atoms with Crippen LogP contribution >= 0.6 is 0 Å². The average molecular weight is 679 g/mol. The van der Waals surface area contributed by atoms with Crippen LogP contribution in [0.25, 0.3) is 0 Å². The van der Waals surface area contributed by atoms with Crippen molar-refractivity contribution in [2.45, 2.75) is 49.4 Å². The van der Waals surface area contributed by atoms with E-state index in [2.05, 4.69) is 182 Å². The molecular formula is C50H46O2. The summed E-state index contributed by atoms with van der Waals surface area (Å²) in [4.78, 5) is 0. The lowest BCUT2D eigenvalue weighted by Gasteiger charge is -2.36. The molecule has 0 unspecified atom stereocenters. The SMILES string of the molecule is Oc1cc(CCCC(c2ccccc2)(c2ccccc2)c2ccccc2)c(O)cc1CCCC(c1ccccc1)(c1ccccc1)c1ccccc1. The molecule has 0 saturated carbocycles. The Labute approximate surface area is 308 Å². The zero-order chi connectivity index (χ0) is 35.6. The van der Waals surface area contributed by atoms with E-state index in [1.165, 1.54) is 33.4 Å². The van der Waals surface area contributed by atoms with Crippen molar-refractivity contribution in [1.29, 1.82) is 0 Å². The first-order chi connectivity index (χ1) is 25.6. The quantitative estimate of drug-likeness (QED) is 0.0888. The predicted molar refractivity (Wildman–Crippen MR) is 214 cm³/mol. The molecule has 7 aromatic rings. The highest BCUT2D eigenvalue weighted by Crippen LogP contribution is 2.45. The minimum Gasteiger partial charge on any atom is -0.508 e. The minimum atomic E-state index is -0.357. The molecule has 0 heterocycles. The Morgan fingerprint density at radius 1 is 0.308 bits per heavy atom. The summed E-state index contributed by atoms with van der Waals surface area (Å²) in [6.07, 6.45) is 4.61. The van der Waals surface area contributed by atoms with Gasteiger partial charge in [0, 0.05) is 10.8 Å². The molecule has 0 radical (unpaired) electrons. The maximum absolute atomic E-state index is 11.4. The lowest BCUT2D eigenvalue weighted by Crippen LogP contribution is -2.29. The first-order valence-corrected chi connectivity index (χ1v) is 18.5. The third-order valence-electron chi connectivity index (χ3n) is 10.9. The maximum Gasteiger partial charge on any atom is 0.119 e. The Morgan fingerprint density at radius 3 is 0.731 bits per heavy atom. The van der Waals surface area contributed by atoms with Crippen LogP contribution in [0, 0.1) is 0 Å². The monoisotopic (exact) mass is 678 g/mol. The van der Waals surface area contributed by atoms with Gasteiger partial charge in [-0.15, -0.1) is 0 Å². The Hall–Kier alpha value is -5.86. The van der Waals surface area contributed by atoms with Crippen LogP contribution in [0.4, 0.5) is 0 Å². The lowest BCUT2D eigenvalue weighted by atomic mass is 9.66. The van der Waals surface area contributed by atoms with E-state index in [4.69, 9.17) is 0 Å². The third-order valence-corrected chi connectivity index (χ3v) is 10.9. The van der Waals surface area contributed by atoms with Gasteiger partial charge in [0.1, 0.15) is 11.5 Å². The molecule has 0 amide bonds. The summed E-state index contributed by atoms with van der Waals surface area (Å²) in [6.45, 7) is 0. The average Bonchev–Trinajstić information content (AvgIpc) is 3.22. The summed E-state index contributed by atoms with van der Waals surface area (Å²) in [5.74, 6) is 0.496. The van der Waals surface area contributed by atoms with Crippen LogP contribution in [-0.4, -0.2) is 10.2 Å². The van der Waals surface area contributed by atoms with Crippen LogP contribution in [0.3, 0.4) is 0 Å². The topological polar surface area (TPSA) is 40.5 Å². The van der Waals surface area contributed by atoms with Crippen LogP contribution in [0.1, 0.15) is 70.2 Å². The number of aryl methyl sites for hydroxylation is 2. The first-order valence-electron chi connectivity index (χ1n) is 18.5. The van der Waals surface area contributed by atoms with Crippen LogP contribution in [0.2, 0.25) is 0 Å². The number of phenols is 2. The van der Waals surface area contributed by atoms with Crippen molar-refractivity contribution in [3.8, 4) is 11.5 Å². The van der Waals surface area contributed by atoms with E-state index in [9.17, 15) is 10.2 Å². The molecular weight excluding hydrogens is 633 g/mol. The number of hydrogen-bond donors (Lipinski definition) is 2. The van der Waals surface area contributed by atoms with Gasteiger partial charge >= 0.3 is 0 Å². The van der Waals surface area contributed by atoms with Gasteiger partial charge in [-0.25, -0.2) is 0 Å². The Morgan fingerprint density at radius 2 is 0.519 bits per heavy atom. The fraction of sp³-hybridized carbons (Fsp3) is 0.160. The molecule has 52 heavy (non-hydrogen) atoms. The number of benzene rings is 7. The third kappa shape index (κ3) is 7.02. The lowest BCUT2D eigenvalue weighted by molar-refractivity contribution is 0.442. The van der Waals surface area contributed by atoms with E-state index in [-0.39, 0.29) is 22.3 Å². The summed E-state index contributed by atoms with van der Waals surface area (Å²) in [7, 11) is 0. The second kappa shape index (κ2) is 16.0. The van der Waals surface area contributed by atoms with Gasteiger partial charge in [0.05, 0.1) is 0 Å². The van der Waals surface area contributed by atoms with Gasteiger partial charge in [-0.05, 0) is 95.2 Å². The van der Waals surface area contributed by atoms with Crippen LogP contribution in [0.15, 0.2) is 194 Å². The van der Waals surface area contributed by atoms with Crippen molar-refractivity contribution in [3.63, 3.8) is 0 Å². The van der Waals surface area contributed by atoms with E-state index in [0.29, 0.717) is 12.8 Å². The molecule has 7 aromatic carbocycles. The van der Waals surface area contributed by atoms with Gasteiger partial charge in [0.2, 0.25) is 0 Å². The van der Waals surface area contributed by atoms with Crippen molar-refractivity contribution >= 4 is 0 Å². The van der Waals surface area contributed by atoms with Crippen molar-refractivity contribution < 1.29 is 10.2 Å². The predicted octanol–water partition coefficient (Wildman–Crippen LogP) is 11.8. The molecule has 0 bridgehead atoms. The van der Waals surface area contributed by atoms with E-state index in [1.54, 1.807) is 12.1 Å². The highest BCUT2D eigenvalue weighted by molar-refractivity contribution is 5.52. The van der Waals surface area contributed by atoms with Gasteiger partial charge in [0.25, 0.3) is 0 Å². The molecule has 258 valence electrons. The van der Waals surface area contributed by atoms with Gasteiger partial charge in [-0.3, -0.25) is 0 Å². The highest BCUT2D eigenvalue weighted by atomic mass is 16.3. The summed E-state index contributed by atoms with van der Waals surface area (Å²) in [5, 5.41) is 22.8. The molecule has 0 atom stereocenters. The summed E-state index contributed by atoms with van der Waals surface area (Å²) in [5.41, 5.74) is 8.29. The highest BCUT2D eigenvalue weighted by Gasteiger charge is 2.37. The van der Waals surface area contributed by atoms with Crippen LogP contribution in [-0.2, 0) is 23.7 Å². The Bertz CT molecular complexity index is 1780. The Balaban J connectivity index is 1.13. The molecule has 2 N–H and O–H groups in total. The standard InChI is InChI=1S/C50H46O2/c51-47-38-40(22-20-36-50(44-29-13-4-14-30-44,45-31-15-5-16-32-45)46-33-17-6-18-34-46)48(52)37-39(47)21-19-35-49(41-23-7-1-8-24-41,42-25-9-2-10-26-42)43-27-11-3-12-28-43/h1-18,23-34,37-38,51-52H,19-22,35-36H2. The van der Waals surface area contributed by atoms with Gasteiger partial charge in [0.15, 0.2) is 0 Å². The van der Waals surface area contributed by atoms with Crippen LogP contribution in [0.5, 0.6) is 11.5 Å². The molecule has 0 saturated heterocycles. The number of aromatic hydroxyl groups is 2. The second-order valence-corrected chi connectivity index (χ2v) is 13.8. The van der Waals surface area contributed by atoms with Gasteiger partial charge < -0.3 is 10.2 Å². The zero-order valence-electron chi connectivity index (χ0n) is 29.6. The Kier molecular flexibility index (Phi) is 10.6. The molecule has 2 nitrogen and oxygen atoms in total. The molecule has 0 aliphatic rings. The number of rotatable bonds is 14. The largest absolute Gasteiger partial charge is 0.508 e. The fourth-order valence-electron chi connectivity index (χ4n) is 8.35. The molecule has 0 aromatic heterocycles. The molecule has 0 fully saturated rings. The minimum absolute atomic E-state index is 0.248. The molecule has 2 heteroatoms. The van der Waals surface area contributed by atoms with Crippen molar-refractivity contribution in [2.24, 2.45) is 0 Å². The first kappa shape index (κ1) is 34.6. The van der Waals surface area contributed by atoms with Gasteiger partial charge in [-0.2, -0.15) is 0 Å². The van der Waals surface area contributed by atoms with Gasteiger partial charge in [-0.1, -0.05) is 182 Å². The summed E-state index contributed by atoms with van der Waals surface area (Å²) in [6, 6.07) is 68.0. The molecule has 0 spiro atoms. The fourth-order valence-corrected chi connectivity index (χ4v) is 8.35. The van der Waals surface area contributed by atoms with E-state index in [0.717, 1.165) is 36.8 Å². The molecule has 0 aliphatic heterocycles. The van der Waals surface area contributed by atoms with E-state index in [1.807, 2.05) is 0 Å². The molecule has 0 aliphatic carbocycles. The summed E-state index contributed by atoms with van der Waals surface area (Å²) < 4.78 is 0. The van der Waals surface area contributed by atoms with Crippen molar-refractivity contribution in [1.82, 2.24) is 0 Å². The van der Waals surface area contributed by atoms with Crippen molar-refractivity contribution in [3.05, 3.63) is 239 Å². The zero-order valence-corrected chi connectivity index (χ0v) is 29.6.